The molecular formula is C12H14Br2O2. The van der Waals surface area contributed by atoms with Crippen molar-refractivity contribution < 1.29 is 9.47 Å². The van der Waals surface area contributed by atoms with Gasteiger partial charge in [0.1, 0.15) is 13.2 Å². The predicted molar refractivity (Wildman–Crippen MR) is 71.7 cm³/mol. The summed E-state index contributed by atoms with van der Waals surface area (Å²) in [4.78, 5) is 0.364. The first kappa shape index (κ1) is 12.2. The topological polar surface area (TPSA) is 18.5 Å². The summed E-state index contributed by atoms with van der Waals surface area (Å²) < 4.78 is 12.2. The lowest BCUT2D eigenvalue weighted by Gasteiger charge is -2.21. The van der Waals surface area contributed by atoms with Crippen LogP contribution in [-0.2, 0) is 0 Å². The maximum absolute atomic E-state index is 5.58. The van der Waals surface area contributed by atoms with E-state index in [2.05, 4.69) is 44.8 Å². The molecule has 0 saturated carbocycles. The molecule has 0 bridgehead atoms. The van der Waals surface area contributed by atoms with Crippen molar-refractivity contribution in [3.63, 3.8) is 0 Å². The summed E-state index contributed by atoms with van der Waals surface area (Å²) in [5, 5.41) is 0. The molecule has 16 heavy (non-hydrogen) atoms. The molecule has 0 amide bonds. The van der Waals surface area contributed by atoms with E-state index in [-0.39, 0.29) is 0 Å². The lowest BCUT2D eigenvalue weighted by Crippen LogP contribution is -2.15. The zero-order valence-electron chi connectivity index (χ0n) is 9.13. The van der Waals surface area contributed by atoms with Crippen LogP contribution in [0.5, 0.6) is 11.5 Å². The molecule has 0 aliphatic carbocycles. The average molecular weight is 350 g/mol. The smallest absolute Gasteiger partial charge is 0.162 e. The van der Waals surface area contributed by atoms with Crippen molar-refractivity contribution in [2.75, 3.05) is 13.2 Å². The number of benzene rings is 1. The minimum Gasteiger partial charge on any atom is -0.486 e. The van der Waals surface area contributed by atoms with Gasteiger partial charge in [0, 0.05) is 9.30 Å². The van der Waals surface area contributed by atoms with Crippen molar-refractivity contribution in [3.8, 4) is 11.5 Å². The highest BCUT2D eigenvalue weighted by molar-refractivity contribution is 9.11. The third-order valence-electron chi connectivity index (χ3n) is 2.54. The van der Waals surface area contributed by atoms with Crippen molar-refractivity contribution in [2.24, 2.45) is 0 Å². The van der Waals surface area contributed by atoms with Gasteiger partial charge in [-0.3, -0.25) is 0 Å². The van der Waals surface area contributed by atoms with Crippen LogP contribution < -0.4 is 9.47 Å². The Labute approximate surface area is 113 Å². The zero-order chi connectivity index (χ0) is 11.5. The minimum atomic E-state index is 0.364. The standard InChI is InChI=1S/C12H14Br2O2/c1-2-3-9(13)8-6-11-12(7-10(8)14)16-5-4-15-11/h6-7,9H,2-5H2,1H3. The van der Waals surface area contributed by atoms with Gasteiger partial charge in [0.05, 0.1) is 0 Å². The monoisotopic (exact) mass is 348 g/mol. The van der Waals surface area contributed by atoms with Crippen LogP contribution in [0.4, 0.5) is 0 Å². The Morgan fingerprint density at radius 2 is 1.88 bits per heavy atom. The third-order valence-corrected chi connectivity index (χ3v) is 4.18. The number of hydrogen-bond acceptors (Lipinski definition) is 2. The number of fused-ring (bicyclic) bond motifs is 1. The molecule has 2 nitrogen and oxygen atoms in total. The first-order chi connectivity index (χ1) is 7.72. The van der Waals surface area contributed by atoms with Crippen molar-refractivity contribution in [2.45, 2.75) is 24.6 Å². The Morgan fingerprint density at radius 1 is 1.25 bits per heavy atom. The van der Waals surface area contributed by atoms with E-state index in [9.17, 15) is 0 Å². The first-order valence-electron chi connectivity index (χ1n) is 5.45. The molecule has 1 aliphatic rings. The Bertz CT molecular complexity index is 380. The van der Waals surface area contributed by atoms with Crippen LogP contribution in [0.3, 0.4) is 0 Å². The maximum atomic E-state index is 5.58. The minimum absolute atomic E-state index is 0.364. The number of hydrogen-bond donors (Lipinski definition) is 0. The van der Waals surface area contributed by atoms with Gasteiger partial charge in [-0.15, -0.1) is 0 Å². The van der Waals surface area contributed by atoms with Crippen LogP contribution >= 0.6 is 31.9 Å². The first-order valence-corrected chi connectivity index (χ1v) is 7.16. The molecule has 1 aliphatic heterocycles. The van der Waals surface area contributed by atoms with Gasteiger partial charge in [0.25, 0.3) is 0 Å². The largest absolute Gasteiger partial charge is 0.486 e. The highest BCUT2D eigenvalue weighted by Crippen LogP contribution is 2.41. The molecule has 1 unspecified atom stereocenters. The van der Waals surface area contributed by atoms with E-state index in [4.69, 9.17) is 9.47 Å². The van der Waals surface area contributed by atoms with Gasteiger partial charge in [-0.1, -0.05) is 45.2 Å². The van der Waals surface area contributed by atoms with Gasteiger partial charge >= 0.3 is 0 Å². The summed E-state index contributed by atoms with van der Waals surface area (Å²) in [5.74, 6) is 1.68. The van der Waals surface area contributed by atoms with E-state index in [0.717, 1.165) is 28.8 Å². The van der Waals surface area contributed by atoms with E-state index in [1.165, 1.54) is 5.56 Å². The molecule has 0 spiro atoms. The Hall–Kier alpha value is -0.220. The van der Waals surface area contributed by atoms with Crippen LogP contribution in [0.2, 0.25) is 0 Å². The van der Waals surface area contributed by atoms with Crippen molar-refractivity contribution in [1.82, 2.24) is 0 Å². The number of halogens is 2. The van der Waals surface area contributed by atoms with Crippen molar-refractivity contribution >= 4 is 31.9 Å². The van der Waals surface area contributed by atoms with Crippen LogP contribution in [0, 0.1) is 0 Å². The molecule has 1 atom stereocenters. The van der Waals surface area contributed by atoms with Gasteiger partial charge in [-0.25, -0.2) is 0 Å². The van der Waals surface area contributed by atoms with Crippen molar-refractivity contribution in [1.29, 1.82) is 0 Å². The molecule has 1 heterocycles. The summed E-state index contributed by atoms with van der Waals surface area (Å²) >= 11 is 7.28. The fraction of sp³-hybridized carbons (Fsp3) is 0.500. The highest BCUT2D eigenvalue weighted by Gasteiger charge is 2.18. The summed E-state index contributed by atoms with van der Waals surface area (Å²) in [6.07, 6.45) is 2.26. The number of ether oxygens (including phenoxy) is 2. The molecule has 1 aromatic carbocycles. The lowest BCUT2D eigenvalue weighted by molar-refractivity contribution is 0.171. The quantitative estimate of drug-likeness (QED) is 0.750. The lowest BCUT2D eigenvalue weighted by atomic mass is 10.1. The second-order valence-electron chi connectivity index (χ2n) is 3.77. The molecular weight excluding hydrogens is 336 g/mol. The summed E-state index contributed by atoms with van der Waals surface area (Å²) in [7, 11) is 0. The van der Waals surface area contributed by atoms with Crippen LogP contribution in [0.1, 0.15) is 30.2 Å². The third kappa shape index (κ3) is 2.54. The average Bonchev–Trinajstić information content (AvgIpc) is 2.28. The van der Waals surface area contributed by atoms with Gasteiger partial charge in [-0.2, -0.15) is 0 Å². The Morgan fingerprint density at radius 3 is 2.50 bits per heavy atom. The fourth-order valence-electron chi connectivity index (χ4n) is 1.73. The van der Waals surface area contributed by atoms with Crippen LogP contribution in [-0.4, -0.2) is 13.2 Å². The molecule has 0 aromatic heterocycles. The molecule has 2 rings (SSSR count). The van der Waals surface area contributed by atoms with Gasteiger partial charge in [-0.05, 0) is 24.1 Å². The maximum Gasteiger partial charge on any atom is 0.162 e. The van der Waals surface area contributed by atoms with Crippen LogP contribution in [0.25, 0.3) is 0 Å². The molecule has 0 N–H and O–H groups in total. The van der Waals surface area contributed by atoms with E-state index in [1.807, 2.05) is 6.07 Å². The zero-order valence-corrected chi connectivity index (χ0v) is 12.3. The molecule has 88 valence electrons. The normalized spacial score (nSPS) is 15.9. The van der Waals surface area contributed by atoms with Crippen molar-refractivity contribution in [3.05, 3.63) is 22.2 Å². The summed E-state index contributed by atoms with van der Waals surface area (Å²) in [5.41, 5.74) is 1.23. The number of alkyl halides is 1. The second-order valence-corrected chi connectivity index (χ2v) is 5.73. The summed E-state index contributed by atoms with van der Waals surface area (Å²) in [6, 6.07) is 4.06. The van der Waals surface area contributed by atoms with Gasteiger partial charge < -0.3 is 9.47 Å². The fourth-order valence-corrected chi connectivity index (χ4v) is 3.47. The highest BCUT2D eigenvalue weighted by atomic mass is 79.9. The molecule has 4 heteroatoms. The van der Waals surface area contributed by atoms with E-state index < -0.39 is 0 Å². The number of rotatable bonds is 3. The van der Waals surface area contributed by atoms with E-state index in [0.29, 0.717) is 18.0 Å². The van der Waals surface area contributed by atoms with Crippen LogP contribution in [0.15, 0.2) is 16.6 Å². The van der Waals surface area contributed by atoms with E-state index >= 15 is 0 Å². The molecule has 0 saturated heterocycles. The SMILES string of the molecule is CCCC(Br)c1cc2c(cc1Br)OCCO2. The van der Waals surface area contributed by atoms with E-state index in [1.54, 1.807) is 0 Å². The van der Waals surface area contributed by atoms with Gasteiger partial charge in [0.15, 0.2) is 11.5 Å². The van der Waals surface area contributed by atoms with Gasteiger partial charge in [0.2, 0.25) is 0 Å². The Kier molecular flexibility index (Phi) is 4.14. The Balaban J connectivity index is 2.31. The second kappa shape index (κ2) is 5.41. The summed E-state index contributed by atoms with van der Waals surface area (Å²) in [6.45, 7) is 3.44. The molecule has 0 radical (unpaired) electrons. The predicted octanol–water partition coefficient (Wildman–Crippen LogP) is 4.46. The molecule has 1 aromatic rings. The molecule has 0 fully saturated rings.